The van der Waals surface area contributed by atoms with Gasteiger partial charge in [0, 0.05) is 18.6 Å². The number of hydrogen-bond donors (Lipinski definition) is 0. The number of hydrogen-bond acceptors (Lipinski definition) is 4. The van der Waals surface area contributed by atoms with Crippen LogP contribution < -0.4 is 4.74 Å². The van der Waals surface area contributed by atoms with Crippen LogP contribution in [0.4, 0.5) is 0 Å². The van der Waals surface area contributed by atoms with Gasteiger partial charge in [0.1, 0.15) is 12.4 Å². The van der Waals surface area contributed by atoms with E-state index in [2.05, 4.69) is 15.0 Å². The van der Waals surface area contributed by atoms with E-state index in [1.807, 2.05) is 41.1 Å². The van der Waals surface area contributed by atoms with E-state index in [9.17, 15) is 0 Å². The van der Waals surface area contributed by atoms with Crippen molar-refractivity contribution in [2.75, 3.05) is 6.61 Å². The molecule has 3 aromatic heterocycles. The SMILES string of the molecule is c1ccc(-c2ccc(OCCn3ccnc3)cn2)nc1. The van der Waals surface area contributed by atoms with Gasteiger partial charge in [0.05, 0.1) is 30.5 Å². The van der Waals surface area contributed by atoms with Gasteiger partial charge in [-0.05, 0) is 24.3 Å². The molecule has 0 aliphatic carbocycles. The van der Waals surface area contributed by atoms with E-state index in [1.54, 1.807) is 24.9 Å². The fourth-order valence-electron chi connectivity index (χ4n) is 1.82. The molecule has 0 fully saturated rings. The second-order valence-corrected chi connectivity index (χ2v) is 4.24. The lowest BCUT2D eigenvalue weighted by atomic mass is 10.2. The van der Waals surface area contributed by atoms with Crippen molar-refractivity contribution in [2.24, 2.45) is 0 Å². The lowest BCUT2D eigenvalue weighted by Crippen LogP contribution is -2.06. The van der Waals surface area contributed by atoms with Crippen LogP contribution in [0.1, 0.15) is 0 Å². The summed E-state index contributed by atoms with van der Waals surface area (Å²) in [6.07, 6.45) is 8.91. The molecule has 0 saturated heterocycles. The average molecular weight is 266 g/mol. The number of pyridine rings is 2. The van der Waals surface area contributed by atoms with E-state index in [4.69, 9.17) is 4.74 Å². The normalized spacial score (nSPS) is 10.4. The van der Waals surface area contributed by atoms with Crippen molar-refractivity contribution >= 4 is 0 Å². The van der Waals surface area contributed by atoms with E-state index in [1.165, 1.54) is 0 Å². The molecule has 0 spiro atoms. The van der Waals surface area contributed by atoms with Crippen molar-refractivity contribution in [3.8, 4) is 17.1 Å². The first-order chi connectivity index (χ1) is 9.92. The van der Waals surface area contributed by atoms with Crippen LogP contribution in [-0.2, 0) is 6.54 Å². The van der Waals surface area contributed by atoms with E-state index < -0.39 is 0 Å². The molecule has 0 aliphatic heterocycles. The summed E-state index contributed by atoms with van der Waals surface area (Å²) < 4.78 is 7.61. The molecule has 0 atom stereocenters. The van der Waals surface area contributed by atoms with Crippen LogP contribution in [0, 0.1) is 0 Å². The topological polar surface area (TPSA) is 52.8 Å². The summed E-state index contributed by atoms with van der Waals surface area (Å²) in [7, 11) is 0. The van der Waals surface area contributed by atoms with E-state index in [0.29, 0.717) is 6.61 Å². The summed E-state index contributed by atoms with van der Waals surface area (Å²) in [5.41, 5.74) is 1.70. The highest BCUT2D eigenvalue weighted by molar-refractivity contribution is 5.53. The fraction of sp³-hybridized carbons (Fsp3) is 0.133. The van der Waals surface area contributed by atoms with Crippen molar-refractivity contribution in [1.82, 2.24) is 19.5 Å². The van der Waals surface area contributed by atoms with Crippen LogP contribution >= 0.6 is 0 Å². The summed E-state index contributed by atoms with van der Waals surface area (Å²) in [5.74, 6) is 0.754. The zero-order valence-electron chi connectivity index (χ0n) is 10.9. The molecule has 3 aromatic rings. The summed E-state index contributed by atoms with van der Waals surface area (Å²) in [6, 6.07) is 9.58. The van der Waals surface area contributed by atoms with Crippen molar-refractivity contribution in [2.45, 2.75) is 6.54 Å². The molecule has 0 aliphatic rings. The molecule has 0 bridgehead atoms. The lowest BCUT2D eigenvalue weighted by Gasteiger charge is -2.07. The van der Waals surface area contributed by atoms with Crippen LogP contribution in [0.5, 0.6) is 5.75 Å². The molecule has 3 heterocycles. The first-order valence-corrected chi connectivity index (χ1v) is 6.38. The van der Waals surface area contributed by atoms with Gasteiger partial charge in [-0.1, -0.05) is 6.07 Å². The zero-order valence-corrected chi connectivity index (χ0v) is 10.9. The molecular weight excluding hydrogens is 252 g/mol. The average Bonchev–Trinajstić information content (AvgIpc) is 3.02. The number of imidazole rings is 1. The smallest absolute Gasteiger partial charge is 0.137 e. The maximum absolute atomic E-state index is 5.64. The predicted octanol–water partition coefficient (Wildman–Crippen LogP) is 2.42. The highest BCUT2D eigenvalue weighted by atomic mass is 16.5. The van der Waals surface area contributed by atoms with Gasteiger partial charge in [-0.15, -0.1) is 0 Å². The molecule has 100 valence electrons. The molecule has 0 unspecified atom stereocenters. The van der Waals surface area contributed by atoms with Gasteiger partial charge in [0.25, 0.3) is 0 Å². The Morgan fingerprint density at radius 2 is 1.95 bits per heavy atom. The molecule has 5 heteroatoms. The van der Waals surface area contributed by atoms with E-state index >= 15 is 0 Å². The Morgan fingerprint density at radius 1 is 1.00 bits per heavy atom. The van der Waals surface area contributed by atoms with Crippen LogP contribution in [0.3, 0.4) is 0 Å². The second-order valence-electron chi connectivity index (χ2n) is 4.24. The van der Waals surface area contributed by atoms with Gasteiger partial charge in [-0.3, -0.25) is 9.97 Å². The quantitative estimate of drug-likeness (QED) is 0.711. The Hall–Kier alpha value is -2.69. The molecule has 0 N–H and O–H groups in total. The first kappa shape index (κ1) is 12.3. The van der Waals surface area contributed by atoms with Gasteiger partial charge < -0.3 is 9.30 Å². The van der Waals surface area contributed by atoms with E-state index in [-0.39, 0.29) is 0 Å². The molecule has 0 radical (unpaired) electrons. The lowest BCUT2D eigenvalue weighted by molar-refractivity contribution is 0.297. The third kappa shape index (κ3) is 3.00. The maximum Gasteiger partial charge on any atom is 0.137 e. The largest absolute Gasteiger partial charge is 0.490 e. The fourth-order valence-corrected chi connectivity index (χ4v) is 1.82. The minimum Gasteiger partial charge on any atom is -0.490 e. The van der Waals surface area contributed by atoms with Gasteiger partial charge in [0.15, 0.2) is 0 Å². The molecule has 20 heavy (non-hydrogen) atoms. The molecule has 0 saturated carbocycles. The minimum atomic E-state index is 0.584. The van der Waals surface area contributed by atoms with Gasteiger partial charge in [-0.2, -0.15) is 0 Å². The summed E-state index contributed by atoms with van der Waals surface area (Å²) >= 11 is 0. The Morgan fingerprint density at radius 3 is 2.65 bits per heavy atom. The Balaban J connectivity index is 1.59. The number of rotatable bonds is 5. The van der Waals surface area contributed by atoms with Crippen LogP contribution in [0.25, 0.3) is 11.4 Å². The monoisotopic (exact) mass is 266 g/mol. The number of nitrogens with zero attached hydrogens (tertiary/aromatic N) is 4. The first-order valence-electron chi connectivity index (χ1n) is 6.38. The molecule has 0 aromatic carbocycles. The zero-order chi connectivity index (χ0) is 13.6. The van der Waals surface area contributed by atoms with Crippen molar-refractivity contribution in [1.29, 1.82) is 0 Å². The molecule has 5 nitrogen and oxygen atoms in total. The summed E-state index contributed by atoms with van der Waals surface area (Å²) in [5, 5.41) is 0. The standard InChI is InChI=1S/C15H14N4O/c1-2-6-17-14(3-1)15-5-4-13(11-18-15)20-10-9-19-8-7-16-12-19/h1-8,11-12H,9-10H2. The Labute approximate surface area is 116 Å². The Bertz CT molecular complexity index is 635. The summed E-state index contributed by atoms with van der Waals surface area (Å²) in [4.78, 5) is 12.6. The highest BCUT2D eigenvalue weighted by Crippen LogP contribution is 2.16. The van der Waals surface area contributed by atoms with Gasteiger partial charge >= 0.3 is 0 Å². The van der Waals surface area contributed by atoms with E-state index in [0.717, 1.165) is 23.7 Å². The summed E-state index contributed by atoms with van der Waals surface area (Å²) in [6.45, 7) is 1.35. The van der Waals surface area contributed by atoms with Gasteiger partial charge in [-0.25, -0.2) is 4.98 Å². The molecule has 3 rings (SSSR count). The third-order valence-corrected chi connectivity index (χ3v) is 2.84. The van der Waals surface area contributed by atoms with Gasteiger partial charge in [0.2, 0.25) is 0 Å². The van der Waals surface area contributed by atoms with Crippen LogP contribution in [0.2, 0.25) is 0 Å². The van der Waals surface area contributed by atoms with Crippen LogP contribution in [-0.4, -0.2) is 26.1 Å². The minimum absolute atomic E-state index is 0.584. The third-order valence-electron chi connectivity index (χ3n) is 2.84. The number of ether oxygens (including phenoxy) is 1. The van der Waals surface area contributed by atoms with Crippen molar-refractivity contribution in [3.05, 3.63) is 61.4 Å². The number of aromatic nitrogens is 4. The molecular formula is C15H14N4O. The second kappa shape index (κ2) is 5.97. The van der Waals surface area contributed by atoms with Crippen LogP contribution in [0.15, 0.2) is 61.4 Å². The Kier molecular flexibility index (Phi) is 3.68. The highest BCUT2D eigenvalue weighted by Gasteiger charge is 2.00. The molecule has 0 amide bonds. The maximum atomic E-state index is 5.64. The predicted molar refractivity (Wildman–Crippen MR) is 75.2 cm³/mol. The van der Waals surface area contributed by atoms with Crippen molar-refractivity contribution < 1.29 is 4.74 Å². The van der Waals surface area contributed by atoms with Crippen molar-refractivity contribution in [3.63, 3.8) is 0 Å².